The number of nitrogens with zero attached hydrogens (tertiary/aromatic N) is 3. The molecule has 7 heteroatoms. The Morgan fingerprint density at radius 3 is 2.54 bits per heavy atom. The molecule has 0 bridgehead atoms. The summed E-state index contributed by atoms with van der Waals surface area (Å²) in [6.45, 7) is 6.58. The normalized spacial score (nSPS) is 15.1. The molecule has 2 amide bonds. The summed E-state index contributed by atoms with van der Waals surface area (Å²) < 4.78 is 5.05. The van der Waals surface area contributed by atoms with E-state index in [2.05, 4.69) is 15.2 Å². The van der Waals surface area contributed by atoms with Crippen LogP contribution in [0.15, 0.2) is 48.7 Å². The number of hydrogen-bond donors (Lipinski definition) is 1. The molecule has 1 unspecified atom stereocenters. The van der Waals surface area contributed by atoms with Gasteiger partial charge in [-0.1, -0.05) is 30.3 Å². The Morgan fingerprint density at radius 1 is 1.14 bits per heavy atom. The Balaban J connectivity index is 1.61. The van der Waals surface area contributed by atoms with Crippen LogP contribution in [0.2, 0.25) is 0 Å². The second kappa shape index (κ2) is 9.21. The first-order valence-electron chi connectivity index (χ1n) is 9.57. The molecule has 1 aromatic heterocycles. The van der Waals surface area contributed by atoms with E-state index >= 15 is 0 Å². The van der Waals surface area contributed by atoms with Gasteiger partial charge < -0.3 is 19.9 Å². The highest BCUT2D eigenvalue weighted by atomic mass is 16.6. The van der Waals surface area contributed by atoms with E-state index in [0.717, 1.165) is 11.4 Å². The standard InChI is InChI=1S/C21H26N4O3/c1-3-28-21(27)25-13-11-24(12-14-25)19-15-18(9-10-22-19)20(26)23-16(2)17-7-5-4-6-8-17/h4-10,15-16H,3,11-14H2,1-2H3,(H,23,26). The van der Waals surface area contributed by atoms with Crippen molar-refractivity contribution in [1.29, 1.82) is 0 Å². The van der Waals surface area contributed by atoms with Crippen molar-refractivity contribution in [2.45, 2.75) is 19.9 Å². The fourth-order valence-corrected chi connectivity index (χ4v) is 3.17. The van der Waals surface area contributed by atoms with Crippen molar-refractivity contribution in [3.8, 4) is 0 Å². The van der Waals surface area contributed by atoms with E-state index in [1.165, 1.54) is 0 Å². The predicted molar refractivity (Wildman–Crippen MR) is 107 cm³/mol. The number of hydrogen-bond acceptors (Lipinski definition) is 5. The third kappa shape index (κ3) is 4.79. The highest BCUT2D eigenvalue weighted by molar-refractivity contribution is 5.95. The number of carbonyl (C=O) groups excluding carboxylic acids is 2. The topological polar surface area (TPSA) is 74.8 Å². The number of carbonyl (C=O) groups is 2. The molecule has 1 aliphatic heterocycles. The highest BCUT2D eigenvalue weighted by Crippen LogP contribution is 2.17. The van der Waals surface area contributed by atoms with Crippen molar-refractivity contribution >= 4 is 17.8 Å². The van der Waals surface area contributed by atoms with Crippen LogP contribution >= 0.6 is 0 Å². The fraction of sp³-hybridized carbons (Fsp3) is 0.381. The lowest BCUT2D eigenvalue weighted by molar-refractivity contribution is 0.0939. The summed E-state index contributed by atoms with van der Waals surface area (Å²) in [5, 5.41) is 3.02. The van der Waals surface area contributed by atoms with Crippen LogP contribution < -0.4 is 10.2 Å². The van der Waals surface area contributed by atoms with E-state index in [0.29, 0.717) is 38.3 Å². The van der Waals surface area contributed by atoms with E-state index in [9.17, 15) is 9.59 Å². The van der Waals surface area contributed by atoms with Crippen LogP contribution in [0.25, 0.3) is 0 Å². The molecule has 1 aliphatic rings. The first-order chi connectivity index (χ1) is 13.6. The quantitative estimate of drug-likeness (QED) is 0.861. The van der Waals surface area contributed by atoms with Crippen LogP contribution in [0.4, 0.5) is 10.6 Å². The van der Waals surface area contributed by atoms with E-state index in [1.807, 2.05) is 37.3 Å². The van der Waals surface area contributed by atoms with E-state index in [-0.39, 0.29) is 18.0 Å². The molecule has 7 nitrogen and oxygen atoms in total. The summed E-state index contributed by atoms with van der Waals surface area (Å²) in [5.41, 5.74) is 1.63. The van der Waals surface area contributed by atoms with Crippen molar-refractivity contribution in [2.75, 3.05) is 37.7 Å². The molecular weight excluding hydrogens is 356 g/mol. The fourth-order valence-electron chi connectivity index (χ4n) is 3.17. The van der Waals surface area contributed by atoms with Gasteiger partial charge in [0.2, 0.25) is 0 Å². The van der Waals surface area contributed by atoms with Gasteiger partial charge in [0.25, 0.3) is 5.91 Å². The van der Waals surface area contributed by atoms with Crippen molar-refractivity contribution in [2.24, 2.45) is 0 Å². The van der Waals surface area contributed by atoms with Crippen LogP contribution in [0.3, 0.4) is 0 Å². The van der Waals surface area contributed by atoms with Crippen LogP contribution in [0, 0.1) is 0 Å². The molecule has 1 aromatic carbocycles. The van der Waals surface area contributed by atoms with Crippen LogP contribution in [0.1, 0.15) is 35.8 Å². The van der Waals surface area contributed by atoms with E-state index in [1.54, 1.807) is 30.2 Å². The van der Waals surface area contributed by atoms with Gasteiger partial charge in [-0.15, -0.1) is 0 Å². The summed E-state index contributed by atoms with van der Waals surface area (Å²) >= 11 is 0. The minimum Gasteiger partial charge on any atom is -0.450 e. The van der Waals surface area contributed by atoms with Gasteiger partial charge in [0.05, 0.1) is 12.6 Å². The zero-order chi connectivity index (χ0) is 19.9. The second-order valence-electron chi connectivity index (χ2n) is 6.68. The third-order valence-corrected chi connectivity index (χ3v) is 4.78. The van der Waals surface area contributed by atoms with Gasteiger partial charge in [-0.25, -0.2) is 9.78 Å². The Labute approximate surface area is 165 Å². The summed E-state index contributed by atoms with van der Waals surface area (Å²) in [4.78, 5) is 32.6. The molecule has 1 N–H and O–H groups in total. The molecule has 0 saturated carbocycles. The molecule has 28 heavy (non-hydrogen) atoms. The summed E-state index contributed by atoms with van der Waals surface area (Å²) in [6, 6.07) is 13.3. The minimum absolute atomic E-state index is 0.0848. The summed E-state index contributed by atoms with van der Waals surface area (Å²) in [5.74, 6) is 0.605. The number of anilines is 1. The maximum Gasteiger partial charge on any atom is 0.409 e. The Hall–Kier alpha value is -3.09. The molecule has 0 aliphatic carbocycles. The minimum atomic E-state index is -0.280. The largest absolute Gasteiger partial charge is 0.450 e. The molecule has 148 valence electrons. The van der Waals surface area contributed by atoms with E-state index in [4.69, 9.17) is 4.74 Å². The molecule has 2 aromatic rings. The number of ether oxygens (including phenoxy) is 1. The lowest BCUT2D eigenvalue weighted by Gasteiger charge is -2.34. The molecule has 0 radical (unpaired) electrons. The molecule has 1 atom stereocenters. The lowest BCUT2D eigenvalue weighted by atomic mass is 10.1. The van der Waals surface area contributed by atoms with Crippen molar-refractivity contribution in [3.05, 3.63) is 59.8 Å². The second-order valence-corrected chi connectivity index (χ2v) is 6.68. The smallest absolute Gasteiger partial charge is 0.409 e. The van der Waals surface area contributed by atoms with Crippen LogP contribution in [-0.4, -0.2) is 54.7 Å². The van der Waals surface area contributed by atoms with Gasteiger partial charge in [0, 0.05) is 37.9 Å². The third-order valence-electron chi connectivity index (χ3n) is 4.78. The van der Waals surface area contributed by atoms with Crippen molar-refractivity contribution in [3.63, 3.8) is 0 Å². The zero-order valence-electron chi connectivity index (χ0n) is 16.3. The first kappa shape index (κ1) is 19.7. The monoisotopic (exact) mass is 382 g/mol. The molecule has 1 saturated heterocycles. The first-order valence-corrected chi connectivity index (χ1v) is 9.57. The average molecular weight is 382 g/mol. The van der Waals surface area contributed by atoms with Crippen LogP contribution in [0.5, 0.6) is 0 Å². The van der Waals surface area contributed by atoms with Gasteiger partial charge in [-0.2, -0.15) is 0 Å². The molecule has 3 rings (SSSR count). The maximum absolute atomic E-state index is 12.6. The lowest BCUT2D eigenvalue weighted by Crippen LogP contribution is -2.49. The SMILES string of the molecule is CCOC(=O)N1CCN(c2cc(C(=O)NC(C)c3ccccc3)ccn2)CC1. The zero-order valence-corrected chi connectivity index (χ0v) is 16.3. The van der Waals surface area contributed by atoms with E-state index < -0.39 is 0 Å². The molecule has 2 heterocycles. The Morgan fingerprint density at radius 2 is 1.86 bits per heavy atom. The van der Waals surface area contributed by atoms with Gasteiger partial charge in [0.1, 0.15) is 5.82 Å². The average Bonchev–Trinajstić information content (AvgIpc) is 2.74. The number of rotatable bonds is 5. The summed E-state index contributed by atoms with van der Waals surface area (Å²) in [6.07, 6.45) is 1.37. The van der Waals surface area contributed by atoms with Gasteiger partial charge >= 0.3 is 6.09 Å². The van der Waals surface area contributed by atoms with Gasteiger partial charge in [-0.3, -0.25) is 4.79 Å². The Bertz CT molecular complexity index is 804. The van der Waals surface area contributed by atoms with Gasteiger partial charge in [-0.05, 0) is 31.5 Å². The number of pyridine rings is 1. The van der Waals surface area contributed by atoms with Gasteiger partial charge in [0.15, 0.2) is 0 Å². The number of amides is 2. The maximum atomic E-state index is 12.6. The Kier molecular flexibility index (Phi) is 6.47. The van der Waals surface area contributed by atoms with Crippen molar-refractivity contribution < 1.29 is 14.3 Å². The number of aromatic nitrogens is 1. The summed E-state index contributed by atoms with van der Waals surface area (Å²) in [7, 11) is 0. The highest BCUT2D eigenvalue weighted by Gasteiger charge is 2.23. The predicted octanol–water partition coefficient (Wildman–Crippen LogP) is 2.85. The number of nitrogens with one attached hydrogen (secondary N) is 1. The number of benzene rings is 1. The van der Waals surface area contributed by atoms with Crippen molar-refractivity contribution in [1.82, 2.24) is 15.2 Å². The number of piperazine rings is 1. The van der Waals surface area contributed by atoms with Crippen LogP contribution in [-0.2, 0) is 4.74 Å². The molecule has 0 spiro atoms. The molecular formula is C21H26N4O3. The molecule has 1 fully saturated rings.